The molecule has 0 fully saturated rings. The minimum Gasteiger partial charge on any atom is -0.298 e. The van der Waals surface area contributed by atoms with Crippen LogP contribution in [-0.4, -0.2) is 31.0 Å². The lowest BCUT2D eigenvalue weighted by Gasteiger charge is -2.21. The highest BCUT2D eigenvalue weighted by Gasteiger charge is 2.11. The van der Waals surface area contributed by atoms with E-state index < -0.39 is 6.43 Å². The predicted molar refractivity (Wildman–Crippen MR) is 182 cm³/mol. The molecule has 0 aliphatic heterocycles. The summed E-state index contributed by atoms with van der Waals surface area (Å²) >= 11 is 0. The lowest BCUT2D eigenvalue weighted by molar-refractivity contribution is 0.0861. The molecule has 0 aliphatic carbocycles. The van der Waals surface area contributed by atoms with E-state index in [4.69, 9.17) is 0 Å². The summed E-state index contributed by atoms with van der Waals surface area (Å²) in [5.41, 5.74) is 0. The lowest BCUT2D eigenvalue weighted by Crippen LogP contribution is -2.31. The third-order valence-corrected chi connectivity index (χ3v) is 9.05. The van der Waals surface area contributed by atoms with Crippen molar-refractivity contribution in [2.75, 3.05) is 19.6 Å². The second-order valence-corrected chi connectivity index (χ2v) is 13.3. The van der Waals surface area contributed by atoms with E-state index in [2.05, 4.69) is 13.8 Å². The van der Waals surface area contributed by atoms with Crippen molar-refractivity contribution in [1.82, 2.24) is 4.90 Å². The summed E-state index contributed by atoms with van der Waals surface area (Å²) in [6, 6.07) is 0. The van der Waals surface area contributed by atoms with E-state index in [0.29, 0.717) is 0 Å². The zero-order valence-corrected chi connectivity index (χ0v) is 28.5. The van der Waals surface area contributed by atoms with Gasteiger partial charge < -0.3 is 0 Å². The Kier molecular flexibility index (Phi) is 35.9. The molecule has 0 rings (SSSR count). The van der Waals surface area contributed by atoms with Gasteiger partial charge >= 0.3 is 0 Å². The monoisotopic (exact) mass is 586 g/mol. The molecule has 3 heteroatoms. The Morgan fingerprint density at radius 2 is 0.512 bits per heavy atom. The molecule has 1 nitrogen and oxygen atoms in total. The molecule has 0 spiro atoms. The number of hydrogen-bond donors (Lipinski definition) is 0. The Labute approximate surface area is 258 Å². The summed E-state index contributed by atoms with van der Waals surface area (Å²) in [7, 11) is 0. The smallest absolute Gasteiger partial charge is 0.251 e. The van der Waals surface area contributed by atoms with Gasteiger partial charge in [0.2, 0.25) is 0 Å². The number of alkyl halides is 2. The first kappa shape index (κ1) is 40.8. The van der Waals surface area contributed by atoms with Crippen LogP contribution in [-0.2, 0) is 0 Å². The Morgan fingerprint density at radius 3 is 0.707 bits per heavy atom. The first-order valence-corrected chi connectivity index (χ1v) is 19.2. The number of nitrogens with zero attached hydrogens (tertiary/aromatic N) is 1. The van der Waals surface area contributed by atoms with Crippen LogP contribution in [0.5, 0.6) is 0 Å². The Morgan fingerprint density at radius 1 is 0.317 bits per heavy atom. The summed E-state index contributed by atoms with van der Waals surface area (Å²) in [4.78, 5) is 2.04. The van der Waals surface area contributed by atoms with Crippen LogP contribution in [0.4, 0.5) is 8.78 Å². The first-order valence-electron chi connectivity index (χ1n) is 19.2. The molecule has 0 aromatic carbocycles. The van der Waals surface area contributed by atoms with Gasteiger partial charge in [-0.1, -0.05) is 206 Å². The van der Waals surface area contributed by atoms with Crippen LogP contribution < -0.4 is 0 Å². The normalized spacial score (nSPS) is 11.9. The summed E-state index contributed by atoms with van der Waals surface area (Å²) in [5, 5.41) is 0. The minimum absolute atomic E-state index is 0.0303. The van der Waals surface area contributed by atoms with Crippen LogP contribution in [0.1, 0.15) is 219 Å². The van der Waals surface area contributed by atoms with Gasteiger partial charge in [0, 0.05) is 0 Å². The molecule has 0 atom stereocenters. The van der Waals surface area contributed by atoms with Gasteiger partial charge in [0.25, 0.3) is 6.43 Å². The molecule has 0 heterocycles. The quantitative estimate of drug-likeness (QED) is 0.0661. The summed E-state index contributed by atoms with van der Waals surface area (Å²) in [6.07, 6.45) is 41.4. The molecule has 0 aromatic rings. The van der Waals surface area contributed by atoms with Crippen LogP contribution in [0.15, 0.2) is 0 Å². The van der Waals surface area contributed by atoms with Crippen molar-refractivity contribution < 1.29 is 8.78 Å². The molecule has 0 saturated carbocycles. The molecule has 0 radical (unpaired) electrons. The molecule has 0 aliphatic rings. The van der Waals surface area contributed by atoms with Crippen molar-refractivity contribution >= 4 is 0 Å². The van der Waals surface area contributed by atoms with E-state index in [0.717, 1.165) is 25.9 Å². The van der Waals surface area contributed by atoms with Crippen molar-refractivity contribution in [3.05, 3.63) is 0 Å². The van der Waals surface area contributed by atoms with E-state index in [1.165, 1.54) is 193 Å². The van der Waals surface area contributed by atoms with E-state index >= 15 is 0 Å². The summed E-state index contributed by atoms with van der Waals surface area (Å²) in [5.74, 6) is 0. The zero-order chi connectivity index (χ0) is 29.9. The van der Waals surface area contributed by atoms with E-state index in [1.54, 1.807) is 0 Å². The first-order chi connectivity index (χ1) is 20.2. The molecule has 248 valence electrons. The van der Waals surface area contributed by atoms with Crippen molar-refractivity contribution in [2.45, 2.75) is 226 Å². The fourth-order valence-corrected chi connectivity index (χ4v) is 6.26. The maximum absolute atomic E-state index is 13.1. The third kappa shape index (κ3) is 35.9. The van der Waals surface area contributed by atoms with Crippen LogP contribution in [0, 0.1) is 0 Å². The maximum atomic E-state index is 13.1. The van der Waals surface area contributed by atoms with Gasteiger partial charge in [0.15, 0.2) is 0 Å². The van der Waals surface area contributed by atoms with Crippen LogP contribution in [0.25, 0.3) is 0 Å². The maximum Gasteiger partial charge on any atom is 0.251 e. The third-order valence-electron chi connectivity index (χ3n) is 9.05. The molecule has 0 unspecified atom stereocenters. The van der Waals surface area contributed by atoms with Crippen LogP contribution in [0.2, 0.25) is 0 Å². The van der Waals surface area contributed by atoms with Gasteiger partial charge in [-0.3, -0.25) is 4.90 Å². The average Bonchev–Trinajstić information content (AvgIpc) is 2.96. The van der Waals surface area contributed by atoms with E-state index in [9.17, 15) is 8.78 Å². The van der Waals surface area contributed by atoms with Gasteiger partial charge in [-0.15, -0.1) is 0 Å². The topological polar surface area (TPSA) is 3.24 Å². The highest BCUT2D eigenvalue weighted by Crippen LogP contribution is 2.16. The zero-order valence-electron chi connectivity index (χ0n) is 28.5. The molecule has 0 N–H and O–H groups in total. The molecular weight excluding hydrogens is 508 g/mol. The van der Waals surface area contributed by atoms with E-state index in [1.807, 2.05) is 4.90 Å². The van der Waals surface area contributed by atoms with Gasteiger partial charge in [-0.05, 0) is 25.9 Å². The Bertz CT molecular complexity index is 420. The minimum atomic E-state index is -2.20. The van der Waals surface area contributed by atoms with Gasteiger partial charge in [-0.2, -0.15) is 0 Å². The van der Waals surface area contributed by atoms with Crippen molar-refractivity contribution in [3.8, 4) is 0 Å². The van der Waals surface area contributed by atoms with Gasteiger partial charge in [-0.25, -0.2) is 8.78 Å². The van der Waals surface area contributed by atoms with Crippen molar-refractivity contribution in [3.63, 3.8) is 0 Å². The molecule has 0 amide bonds. The number of hydrogen-bond acceptors (Lipinski definition) is 1. The predicted octanol–water partition coefficient (Wildman–Crippen LogP) is 14.1. The van der Waals surface area contributed by atoms with Crippen LogP contribution in [0.3, 0.4) is 0 Å². The summed E-state index contributed by atoms with van der Waals surface area (Å²) in [6.45, 7) is 6.27. The molecular formula is C38H77F2N. The molecule has 0 aromatic heterocycles. The fraction of sp³-hybridized carbons (Fsp3) is 1.00. The van der Waals surface area contributed by atoms with Crippen molar-refractivity contribution in [2.24, 2.45) is 0 Å². The second kappa shape index (κ2) is 36.0. The highest BCUT2D eigenvalue weighted by molar-refractivity contribution is 4.61. The lowest BCUT2D eigenvalue weighted by atomic mass is 10.0. The Balaban J connectivity index is 3.46. The molecule has 0 bridgehead atoms. The molecule has 41 heavy (non-hydrogen) atoms. The number of halogens is 2. The van der Waals surface area contributed by atoms with Crippen LogP contribution >= 0.6 is 0 Å². The average molecular weight is 586 g/mol. The van der Waals surface area contributed by atoms with Gasteiger partial charge in [0.1, 0.15) is 0 Å². The largest absolute Gasteiger partial charge is 0.298 e. The standard InChI is InChI=1S/C38H77F2N/c1-3-5-7-9-11-13-15-17-19-21-23-25-27-29-31-33-35-41(37-38(39)40)36-34-32-30-28-26-24-22-20-18-16-14-12-10-8-6-4-2/h38H,3-37H2,1-2H3. The Hall–Kier alpha value is -0.180. The van der Waals surface area contributed by atoms with Crippen molar-refractivity contribution in [1.29, 1.82) is 0 Å². The fourth-order valence-electron chi connectivity index (χ4n) is 6.26. The number of rotatable bonds is 36. The van der Waals surface area contributed by atoms with E-state index in [-0.39, 0.29) is 6.54 Å². The highest BCUT2D eigenvalue weighted by atomic mass is 19.3. The van der Waals surface area contributed by atoms with Gasteiger partial charge in [0.05, 0.1) is 6.54 Å². The molecule has 0 saturated heterocycles. The number of unbranched alkanes of at least 4 members (excludes halogenated alkanes) is 30. The summed E-state index contributed by atoms with van der Waals surface area (Å²) < 4.78 is 26.1. The second-order valence-electron chi connectivity index (χ2n) is 13.3. The SMILES string of the molecule is CCCCCCCCCCCCCCCCCCN(CCCCCCCCCCCCCCCCCC)CC(F)F.